The third kappa shape index (κ3) is 4.98. The minimum Gasteiger partial charge on any atom is -0.493 e. The quantitative estimate of drug-likeness (QED) is 0.573. The van der Waals surface area contributed by atoms with Gasteiger partial charge in [0.1, 0.15) is 5.82 Å². The molecule has 8 heteroatoms. The Labute approximate surface area is 166 Å². The summed E-state index contributed by atoms with van der Waals surface area (Å²) < 4.78 is 29.3. The van der Waals surface area contributed by atoms with E-state index < -0.39 is 11.8 Å². The first-order valence-corrected chi connectivity index (χ1v) is 8.86. The number of halogens is 1. The van der Waals surface area contributed by atoms with Gasteiger partial charge in [-0.3, -0.25) is 4.79 Å². The lowest BCUT2D eigenvalue weighted by molar-refractivity contribution is -0.130. The minimum atomic E-state index is -0.639. The van der Waals surface area contributed by atoms with Crippen molar-refractivity contribution in [2.45, 2.75) is 6.92 Å². The molecule has 0 saturated carbocycles. The van der Waals surface area contributed by atoms with Crippen LogP contribution in [0.3, 0.4) is 0 Å². The van der Waals surface area contributed by atoms with E-state index in [9.17, 15) is 14.0 Å². The second-order valence-corrected chi connectivity index (χ2v) is 6.00. The lowest BCUT2D eigenvalue weighted by atomic mass is 10.1. The summed E-state index contributed by atoms with van der Waals surface area (Å²) in [4.78, 5) is 27.8. The van der Waals surface area contributed by atoms with Crippen molar-refractivity contribution in [2.75, 3.05) is 20.3 Å². The SMILES string of the molecule is CCNC(=O)COc1ccc(/C=C2/N=C(c3cccc(F)c3)OC2=O)cc1OC. The summed E-state index contributed by atoms with van der Waals surface area (Å²) >= 11 is 0. The molecule has 0 unspecified atom stereocenters. The van der Waals surface area contributed by atoms with Gasteiger partial charge in [0.2, 0.25) is 5.90 Å². The van der Waals surface area contributed by atoms with Gasteiger partial charge in [-0.05, 0) is 48.9 Å². The Morgan fingerprint density at radius 2 is 2.07 bits per heavy atom. The average molecular weight is 398 g/mol. The summed E-state index contributed by atoms with van der Waals surface area (Å²) in [7, 11) is 1.47. The van der Waals surface area contributed by atoms with E-state index in [0.29, 0.717) is 29.2 Å². The van der Waals surface area contributed by atoms with Crippen molar-refractivity contribution in [1.29, 1.82) is 0 Å². The van der Waals surface area contributed by atoms with Crippen LogP contribution in [0, 0.1) is 5.82 Å². The predicted molar refractivity (Wildman–Crippen MR) is 104 cm³/mol. The second-order valence-electron chi connectivity index (χ2n) is 6.00. The molecule has 0 bridgehead atoms. The van der Waals surface area contributed by atoms with E-state index in [1.165, 1.54) is 31.4 Å². The van der Waals surface area contributed by atoms with Gasteiger partial charge in [-0.25, -0.2) is 14.2 Å². The lowest BCUT2D eigenvalue weighted by Gasteiger charge is -2.11. The number of carbonyl (C=O) groups excluding carboxylic acids is 2. The van der Waals surface area contributed by atoms with E-state index >= 15 is 0 Å². The molecule has 0 aliphatic carbocycles. The molecule has 1 aliphatic rings. The molecule has 2 aromatic rings. The van der Waals surface area contributed by atoms with Crippen molar-refractivity contribution in [3.63, 3.8) is 0 Å². The molecule has 0 radical (unpaired) electrons. The molecular weight excluding hydrogens is 379 g/mol. The van der Waals surface area contributed by atoms with Gasteiger partial charge in [0.05, 0.1) is 7.11 Å². The monoisotopic (exact) mass is 398 g/mol. The van der Waals surface area contributed by atoms with E-state index in [1.807, 2.05) is 6.92 Å². The molecular formula is C21H19FN2O5. The zero-order chi connectivity index (χ0) is 20.8. The molecule has 0 aromatic heterocycles. The Kier molecular flexibility index (Phi) is 6.23. The zero-order valence-electron chi connectivity index (χ0n) is 15.9. The number of amides is 1. The van der Waals surface area contributed by atoms with Gasteiger partial charge in [0.25, 0.3) is 5.91 Å². The Balaban J connectivity index is 1.80. The fraction of sp³-hybridized carbons (Fsp3) is 0.190. The van der Waals surface area contributed by atoms with Gasteiger partial charge in [0, 0.05) is 12.1 Å². The van der Waals surface area contributed by atoms with Crippen LogP contribution in [-0.2, 0) is 14.3 Å². The van der Waals surface area contributed by atoms with Gasteiger partial charge in [0.15, 0.2) is 23.8 Å². The average Bonchev–Trinajstić information content (AvgIpc) is 3.07. The number of nitrogens with zero attached hydrogens (tertiary/aromatic N) is 1. The van der Waals surface area contributed by atoms with Crippen molar-refractivity contribution in [2.24, 2.45) is 4.99 Å². The molecule has 150 valence electrons. The van der Waals surface area contributed by atoms with E-state index in [-0.39, 0.29) is 24.1 Å². The van der Waals surface area contributed by atoms with Crippen LogP contribution in [0.2, 0.25) is 0 Å². The maximum Gasteiger partial charge on any atom is 0.363 e. The number of ether oxygens (including phenoxy) is 3. The number of rotatable bonds is 7. The van der Waals surface area contributed by atoms with Gasteiger partial charge in [-0.2, -0.15) is 0 Å². The maximum atomic E-state index is 13.4. The third-order valence-corrected chi connectivity index (χ3v) is 3.92. The summed E-state index contributed by atoms with van der Waals surface area (Å²) in [6.45, 7) is 2.19. The number of nitrogens with one attached hydrogen (secondary N) is 1. The number of aliphatic imine (C=N–C) groups is 1. The molecule has 7 nitrogen and oxygen atoms in total. The summed E-state index contributed by atoms with van der Waals surface area (Å²) in [5.74, 6) is -0.516. The Hall–Kier alpha value is -3.68. The van der Waals surface area contributed by atoms with Gasteiger partial charge >= 0.3 is 5.97 Å². The Morgan fingerprint density at radius 3 is 2.79 bits per heavy atom. The molecule has 0 atom stereocenters. The Morgan fingerprint density at radius 1 is 1.24 bits per heavy atom. The van der Waals surface area contributed by atoms with Crippen molar-refractivity contribution >= 4 is 23.9 Å². The topological polar surface area (TPSA) is 86.2 Å². The third-order valence-electron chi connectivity index (χ3n) is 3.92. The molecule has 3 rings (SSSR count). The predicted octanol–water partition coefficient (Wildman–Crippen LogP) is 2.69. The zero-order valence-corrected chi connectivity index (χ0v) is 15.9. The minimum absolute atomic E-state index is 0.0367. The number of likely N-dealkylation sites (N-methyl/N-ethyl adjacent to an activating group) is 1. The highest BCUT2D eigenvalue weighted by Gasteiger charge is 2.24. The largest absolute Gasteiger partial charge is 0.493 e. The number of esters is 1. The molecule has 0 saturated heterocycles. The first-order chi connectivity index (χ1) is 14.0. The molecule has 0 spiro atoms. The fourth-order valence-corrected chi connectivity index (χ4v) is 2.60. The summed E-state index contributed by atoms with van der Waals surface area (Å²) in [5, 5.41) is 2.63. The van der Waals surface area contributed by atoms with Crippen LogP contribution in [0.15, 0.2) is 53.2 Å². The highest BCUT2D eigenvalue weighted by atomic mass is 19.1. The van der Waals surface area contributed by atoms with Crippen LogP contribution in [-0.4, -0.2) is 38.0 Å². The van der Waals surface area contributed by atoms with E-state index in [1.54, 1.807) is 24.3 Å². The number of hydrogen-bond donors (Lipinski definition) is 1. The number of benzene rings is 2. The summed E-state index contributed by atoms with van der Waals surface area (Å²) in [6.07, 6.45) is 1.52. The maximum absolute atomic E-state index is 13.4. The van der Waals surface area contributed by atoms with Crippen molar-refractivity contribution in [1.82, 2.24) is 5.32 Å². The summed E-state index contributed by atoms with van der Waals surface area (Å²) in [5.41, 5.74) is 1.05. The Bertz CT molecular complexity index is 1000. The standard InChI is InChI=1S/C21H19FN2O5/c1-3-23-19(25)12-28-17-8-7-13(10-18(17)27-2)9-16-21(26)29-20(24-16)14-5-4-6-15(22)11-14/h4-11H,3,12H2,1-2H3,(H,23,25)/b16-9+. The molecule has 2 aromatic carbocycles. The van der Waals surface area contributed by atoms with Crippen LogP contribution in [0.1, 0.15) is 18.1 Å². The fourth-order valence-electron chi connectivity index (χ4n) is 2.60. The number of cyclic esters (lactones) is 1. The van der Waals surface area contributed by atoms with Crippen LogP contribution >= 0.6 is 0 Å². The van der Waals surface area contributed by atoms with Crippen molar-refractivity contribution in [3.8, 4) is 11.5 Å². The van der Waals surface area contributed by atoms with E-state index in [0.717, 1.165) is 0 Å². The highest BCUT2D eigenvalue weighted by molar-refractivity contribution is 6.12. The van der Waals surface area contributed by atoms with Gasteiger partial charge < -0.3 is 19.5 Å². The molecule has 1 aliphatic heterocycles. The van der Waals surface area contributed by atoms with E-state index in [2.05, 4.69) is 10.3 Å². The lowest BCUT2D eigenvalue weighted by Crippen LogP contribution is -2.28. The molecule has 29 heavy (non-hydrogen) atoms. The molecule has 1 heterocycles. The first-order valence-electron chi connectivity index (χ1n) is 8.86. The van der Waals surface area contributed by atoms with Crippen LogP contribution in [0.5, 0.6) is 11.5 Å². The normalized spacial score (nSPS) is 14.4. The van der Waals surface area contributed by atoms with Crippen LogP contribution in [0.25, 0.3) is 6.08 Å². The molecule has 1 N–H and O–H groups in total. The van der Waals surface area contributed by atoms with Gasteiger partial charge in [-0.15, -0.1) is 0 Å². The van der Waals surface area contributed by atoms with Gasteiger partial charge in [-0.1, -0.05) is 12.1 Å². The smallest absolute Gasteiger partial charge is 0.363 e. The second kappa shape index (κ2) is 9.01. The van der Waals surface area contributed by atoms with E-state index in [4.69, 9.17) is 14.2 Å². The number of hydrogen-bond acceptors (Lipinski definition) is 6. The molecule has 0 fully saturated rings. The van der Waals surface area contributed by atoms with Crippen LogP contribution in [0.4, 0.5) is 4.39 Å². The number of carbonyl (C=O) groups is 2. The van der Waals surface area contributed by atoms with Crippen molar-refractivity contribution in [3.05, 3.63) is 65.1 Å². The highest BCUT2D eigenvalue weighted by Crippen LogP contribution is 2.29. The van der Waals surface area contributed by atoms with Crippen LogP contribution < -0.4 is 14.8 Å². The number of methoxy groups -OCH3 is 1. The molecule has 1 amide bonds. The first kappa shape index (κ1) is 20.1. The van der Waals surface area contributed by atoms with Crippen molar-refractivity contribution < 1.29 is 28.2 Å². The summed E-state index contributed by atoms with van der Waals surface area (Å²) in [6, 6.07) is 10.6.